The van der Waals surface area contributed by atoms with E-state index in [9.17, 15) is 20.2 Å². The first-order valence-electron chi connectivity index (χ1n) is 4.39. The molecule has 1 aromatic carbocycles. The summed E-state index contributed by atoms with van der Waals surface area (Å²) in [6.07, 6.45) is 0. The Morgan fingerprint density at radius 3 is 2.12 bits per heavy atom. The minimum Gasteiger partial charge on any atom is -0.322 e. The van der Waals surface area contributed by atoms with Gasteiger partial charge < -0.3 is 5.73 Å². The van der Waals surface area contributed by atoms with Crippen molar-refractivity contribution in [2.24, 2.45) is 5.73 Å². The van der Waals surface area contributed by atoms with Crippen LogP contribution >= 0.6 is 0 Å². The molecule has 8 nitrogen and oxygen atoms in total. The number of hydrazine groups is 2. The van der Waals surface area contributed by atoms with Crippen LogP contribution in [0.25, 0.3) is 0 Å². The predicted octanol–water partition coefficient (Wildman–Crippen LogP) is 0.372. The normalized spacial score (nSPS) is 11.8. The molecule has 0 saturated heterocycles. The first kappa shape index (κ1) is 11.9. The summed E-state index contributed by atoms with van der Waals surface area (Å²) in [6.45, 7) is -0.482. The van der Waals surface area contributed by atoms with Crippen molar-refractivity contribution in [3.05, 3.63) is 56.1 Å². The lowest BCUT2D eigenvalue weighted by Gasteiger charge is -2.11. The van der Waals surface area contributed by atoms with Crippen LogP contribution in [0.15, 0.2) is 30.3 Å². The monoisotopic (exact) mass is 226 g/mol. The Hall–Kier alpha value is -2.22. The summed E-state index contributed by atoms with van der Waals surface area (Å²) in [6, 6.07) is 7.70. The van der Waals surface area contributed by atoms with Gasteiger partial charge in [-0.05, 0) is 5.56 Å². The van der Waals surface area contributed by atoms with Crippen LogP contribution in [0.1, 0.15) is 11.6 Å². The van der Waals surface area contributed by atoms with Gasteiger partial charge in [0.25, 0.3) is 0 Å². The lowest BCUT2D eigenvalue weighted by Crippen LogP contribution is -2.40. The number of nitrogens with zero attached hydrogens (tertiary/aromatic N) is 3. The Balaban J connectivity index is 2.73. The van der Waals surface area contributed by atoms with E-state index >= 15 is 0 Å². The molecule has 1 aromatic rings. The van der Waals surface area contributed by atoms with Gasteiger partial charge in [0, 0.05) is 0 Å². The van der Waals surface area contributed by atoms with E-state index in [4.69, 9.17) is 5.73 Å². The lowest BCUT2D eigenvalue weighted by molar-refractivity contribution is -0.907. The zero-order chi connectivity index (χ0) is 12.1. The van der Waals surface area contributed by atoms with Crippen molar-refractivity contribution in [1.29, 1.82) is 0 Å². The molecule has 1 rings (SSSR count). The largest absolute Gasteiger partial charge is 0.322 e. The van der Waals surface area contributed by atoms with Crippen molar-refractivity contribution < 1.29 is 10.1 Å². The number of rotatable bonds is 5. The van der Waals surface area contributed by atoms with Crippen molar-refractivity contribution in [3.8, 4) is 0 Å². The van der Waals surface area contributed by atoms with Crippen LogP contribution in [0.3, 0.4) is 0 Å². The van der Waals surface area contributed by atoms with Gasteiger partial charge >= 0.3 is 0 Å². The first-order valence-corrected chi connectivity index (χ1v) is 4.39. The Labute approximate surface area is 90.5 Å². The number of hydrogen-bond donors (Lipinski definition) is 1. The van der Waals surface area contributed by atoms with Crippen molar-refractivity contribution in [1.82, 2.24) is 5.12 Å². The van der Waals surface area contributed by atoms with Crippen molar-refractivity contribution in [2.45, 2.75) is 6.04 Å². The van der Waals surface area contributed by atoms with Crippen LogP contribution in [0.5, 0.6) is 0 Å². The van der Waals surface area contributed by atoms with Gasteiger partial charge in [0.05, 0.1) is 6.04 Å². The third-order valence-corrected chi connectivity index (χ3v) is 1.96. The average molecular weight is 226 g/mol. The smallest absolute Gasteiger partial charge is 0.222 e. The van der Waals surface area contributed by atoms with Gasteiger partial charge in [0.2, 0.25) is 10.1 Å². The topological polar surface area (TPSA) is 116 Å². The Morgan fingerprint density at radius 2 is 1.69 bits per heavy atom. The molecular formula is C8H10N4O4. The average Bonchev–Trinajstić information content (AvgIpc) is 2.25. The van der Waals surface area contributed by atoms with Crippen LogP contribution in [0.4, 0.5) is 0 Å². The molecule has 0 aliphatic rings. The second-order valence-corrected chi connectivity index (χ2v) is 3.05. The van der Waals surface area contributed by atoms with Crippen LogP contribution < -0.4 is 5.73 Å². The number of nitrogens with two attached hydrogens (primary N) is 1. The molecule has 1 unspecified atom stereocenters. The molecule has 0 radical (unpaired) electrons. The maximum Gasteiger partial charge on any atom is 0.222 e. The molecule has 0 amide bonds. The lowest BCUT2D eigenvalue weighted by atomic mass is 10.1. The summed E-state index contributed by atoms with van der Waals surface area (Å²) in [4.78, 5) is 20.7. The highest BCUT2D eigenvalue weighted by molar-refractivity contribution is 5.18. The summed E-state index contributed by atoms with van der Waals surface area (Å²) in [7, 11) is 0. The van der Waals surface area contributed by atoms with Crippen LogP contribution in [0.2, 0.25) is 0 Å². The molecule has 0 heterocycles. The molecule has 0 aliphatic carbocycles. The van der Waals surface area contributed by atoms with Crippen LogP contribution in [-0.4, -0.2) is 21.7 Å². The van der Waals surface area contributed by atoms with Gasteiger partial charge in [0.1, 0.15) is 0 Å². The fourth-order valence-electron chi connectivity index (χ4n) is 1.17. The Morgan fingerprint density at radius 1 is 1.19 bits per heavy atom. The highest BCUT2D eigenvalue weighted by Gasteiger charge is 2.30. The van der Waals surface area contributed by atoms with E-state index in [2.05, 4.69) is 0 Å². The zero-order valence-corrected chi connectivity index (χ0v) is 8.22. The third kappa shape index (κ3) is 2.89. The number of benzene rings is 1. The Kier molecular flexibility index (Phi) is 3.72. The van der Waals surface area contributed by atoms with Crippen molar-refractivity contribution >= 4 is 0 Å². The van der Waals surface area contributed by atoms with E-state index in [1.165, 1.54) is 0 Å². The molecule has 0 spiro atoms. The van der Waals surface area contributed by atoms with Gasteiger partial charge in [0.15, 0.2) is 11.7 Å². The second kappa shape index (κ2) is 5.03. The fraction of sp³-hybridized carbons (Fsp3) is 0.250. The van der Waals surface area contributed by atoms with Gasteiger partial charge in [-0.1, -0.05) is 30.3 Å². The molecule has 0 saturated carbocycles. The summed E-state index contributed by atoms with van der Waals surface area (Å²) in [5, 5.41) is 18.4. The molecule has 8 heteroatoms. The number of nitro groups is 2. The predicted molar refractivity (Wildman–Crippen MR) is 54.1 cm³/mol. The molecule has 0 fully saturated rings. The quantitative estimate of drug-likeness (QED) is 0.572. The van der Waals surface area contributed by atoms with E-state index in [0.29, 0.717) is 5.56 Å². The maximum absolute atomic E-state index is 10.3. The van der Waals surface area contributed by atoms with E-state index in [0.717, 1.165) is 0 Å². The molecule has 0 aliphatic heterocycles. The Bertz CT molecular complexity index is 369. The summed E-state index contributed by atoms with van der Waals surface area (Å²) < 4.78 is 0. The molecular weight excluding hydrogens is 216 g/mol. The van der Waals surface area contributed by atoms with Gasteiger partial charge in [-0.2, -0.15) is 0 Å². The minimum atomic E-state index is -1.09. The van der Waals surface area contributed by atoms with Gasteiger partial charge in [-0.3, -0.25) is 0 Å². The van der Waals surface area contributed by atoms with E-state index in [1.807, 2.05) is 0 Å². The molecule has 1 atom stereocenters. The van der Waals surface area contributed by atoms with Crippen LogP contribution in [0, 0.1) is 20.2 Å². The van der Waals surface area contributed by atoms with Gasteiger partial charge in [-0.15, -0.1) is 0 Å². The first-order chi connectivity index (χ1) is 7.52. The van der Waals surface area contributed by atoms with Crippen LogP contribution in [-0.2, 0) is 0 Å². The minimum absolute atomic E-state index is 0.127. The second-order valence-electron chi connectivity index (χ2n) is 3.05. The zero-order valence-electron chi connectivity index (χ0n) is 8.22. The molecule has 86 valence electrons. The SMILES string of the molecule is NC(CN([N+](=O)[O-])[N+](=O)[O-])c1ccccc1. The van der Waals surface area contributed by atoms with E-state index in [1.54, 1.807) is 30.3 Å². The third-order valence-electron chi connectivity index (χ3n) is 1.96. The van der Waals surface area contributed by atoms with E-state index in [-0.39, 0.29) is 5.12 Å². The summed E-state index contributed by atoms with van der Waals surface area (Å²) in [5.41, 5.74) is 6.23. The number of hydrogen-bond acceptors (Lipinski definition) is 5. The van der Waals surface area contributed by atoms with E-state index < -0.39 is 22.7 Å². The summed E-state index contributed by atoms with van der Waals surface area (Å²) in [5.74, 6) is 0. The fourth-order valence-corrected chi connectivity index (χ4v) is 1.17. The van der Waals surface area contributed by atoms with Gasteiger partial charge in [-0.25, -0.2) is 20.2 Å². The van der Waals surface area contributed by atoms with Crippen molar-refractivity contribution in [3.63, 3.8) is 0 Å². The summed E-state index contributed by atoms with van der Waals surface area (Å²) >= 11 is 0. The van der Waals surface area contributed by atoms with Crippen molar-refractivity contribution in [2.75, 3.05) is 6.54 Å². The highest BCUT2D eigenvalue weighted by atomic mass is 16.8. The molecule has 16 heavy (non-hydrogen) atoms. The standard InChI is InChI=1S/C8H10N4O4/c9-8(7-4-2-1-3-5-7)6-10(11(13)14)12(15)16/h1-5,8H,6,9H2. The highest BCUT2D eigenvalue weighted by Crippen LogP contribution is 2.10. The molecule has 0 bridgehead atoms. The molecule has 2 N–H and O–H groups in total. The maximum atomic E-state index is 10.3. The molecule has 0 aromatic heterocycles.